The molecule has 1 aromatic rings. The molecule has 2 N–H and O–H groups in total. The number of hydrogen-bond donors (Lipinski definition) is 2. The summed E-state index contributed by atoms with van der Waals surface area (Å²) in [6.07, 6.45) is 6.71. The second kappa shape index (κ2) is 6.45. The van der Waals surface area contributed by atoms with Gasteiger partial charge in [0.05, 0.1) is 11.7 Å². The zero-order chi connectivity index (χ0) is 16.6. The smallest absolute Gasteiger partial charge is 0.254 e. The van der Waals surface area contributed by atoms with Crippen molar-refractivity contribution in [2.45, 2.75) is 44.2 Å². The molecule has 2 aliphatic carbocycles. The molecule has 24 heavy (non-hydrogen) atoms. The molecule has 2 saturated carbocycles. The van der Waals surface area contributed by atoms with E-state index in [1.165, 1.54) is 37.8 Å². The van der Waals surface area contributed by atoms with Crippen molar-refractivity contribution in [1.29, 1.82) is 0 Å². The molecule has 4 nitrogen and oxygen atoms in total. The minimum absolute atomic E-state index is 0.109. The van der Waals surface area contributed by atoms with Crippen molar-refractivity contribution in [2.75, 3.05) is 19.7 Å². The summed E-state index contributed by atoms with van der Waals surface area (Å²) in [5, 5.41) is 6.47. The van der Waals surface area contributed by atoms with E-state index < -0.39 is 5.82 Å². The Kier molecular flexibility index (Phi) is 4.31. The van der Waals surface area contributed by atoms with E-state index in [2.05, 4.69) is 10.6 Å². The second-order valence-electron chi connectivity index (χ2n) is 7.35. The van der Waals surface area contributed by atoms with E-state index in [9.17, 15) is 9.18 Å². The van der Waals surface area contributed by atoms with Crippen LogP contribution in [0.5, 0.6) is 0 Å². The third-order valence-electron chi connectivity index (χ3n) is 6.18. The molecular formula is C19H25FN2O2. The fourth-order valence-electron chi connectivity index (χ4n) is 5.15. The zero-order valence-corrected chi connectivity index (χ0v) is 13.9. The Morgan fingerprint density at radius 2 is 2.04 bits per heavy atom. The molecule has 5 heteroatoms. The topological polar surface area (TPSA) is 50.4 Å². The Hall–Kier alpha value is -1.46. The molecule has 3 fully saturated rings. The van der Waals surface area contributed by atoms with Crippen LogP contribution in [-0.2, 0) is 4.74 Å². The molecule has 1 spiro atoms. The number of amides is 1. The van der Waals surface area contributed by atoms with E-state index in [-0.39, 0.29) is 11.5 Å². The van der Waals surface area contributed by atoms with Crippen molar-refractivity contribution in [3.05, 3.63) is 35.6 Å². The number of ether oxygens (including phenoxy) is 1. The molecule has 130 valence electrons. The molecule has 4 rings (SSSR count). The maximum Gasteiger partial charge on any atom is 0.254 e. The minimum Gasteiger partial charge on any atom is -0.377 e. The van der Waals surface area contributed by atoms with Crippen LogP contribution in [0.4, 0.5) is 4.39 Å². The van der Waals surface area contributed by atoms with E-state index in [4.69, 9.17) is 4.74 Å². The van der Waals surface area contributed by atoms with Crippen LogP contribution in [-0.4, -0.2) is 37.7 Å². The summed E-state index contributed by atoms with van der Waals surface area (Å²) in [4.78, 5) is 12.0. The van der Waals surface area contributed by atoms with Crippen LogP contribution >= 0.6 is 0 Å². The lowest BCUT2D eigenvalue weighted by atomic mass is 9.54. The summed E-state index contributed by atoms with van der Waals surface area (Å²) >= 11 is 0. The molecule has 1 heterocycles. The summed E-state index contributed by atoms with van der Waals surface area (Å²) in [5.74, 6) is -0.190. The Morgan fingerprint density at radius 3 is 2.83 bits per heavy atom. The van der Waals surface area contributed by atoms with Crippen LogP contribution in [0, 0.1) is 17.2 Å². The van der Waals surface area contributed by atoms with Crippen LogP contribution < -0.4 is 10.6 Å². The molecular weight excluding hydrogens is 307 g/mol. The summed E-state index contributed by atoms with van der Waals surface area (Å²) in [6, 6.07) is 6.60. The van der Waals surface area contributed by atoms with E-state index in [0.717, 1.165) is 19.6 Å². The lowest BCUT2D eigenvalue weighted by molar-refractivity contribution is -0.130. The second-order valence-corrected chi connectivity index (χ2v) is 7.35. The average molecular weight is 332 g/mol. The summed E-state index contributed by atoms with van der Waals surface area (Å²) in [5.41, 5.74) is 0.439. The third kappa shape index (κ3) is 2.54. The maximum absolute atomic E-state index is 13.6. The number of nitrogens with one attached hydrogen (secondary N) is 2. The zero-order valence-electron chi connectivity index (χ0n) is 13.9. The van der Waals surface area contributed by atoms with E-state index in [1.807, 2.05) is 0 Å². The van der Waals surface area contributed by atoms with Gasteiger partial charge in [0.15, 0.2) is 0 Å². The highest BCUT2D eigenvalue weighted by molar-refractivity contribution is 5.94. The van der Waals surface area contributed by atoms with Gasteiger partial charge in [0.2, 0.25) is 0 Å². The predicted molar refractivity (Wildman–Crippen MR) is 89.3 cm³/mol. The fraction of sp³-hybridized carbons (Fsp3) is 0.632. The standard InChI is InChI=1S/C19H25FN2O2/c20-15-6-2-1-5-13(15)18(23)22-11-10-21-16-14-7-12-24-17(14)19(16)8-3-4-9-19/h1-2,5-6,14,16-17,21H,3-4,7-12H2,(H,22,23)/t14-,16?,17-/m0/s1. The molecule has 0 radical (unpaired) electrons. The monoisotopic (exact) mass is 332 g/mol. The van der Waals surface area contributed by atoms with Gasteiger partial charge >= 0.3 is 0 Å². The van der Waals surface area contributed by atoms with Crippen LogP contribution in [0.1, 0.15) is 42.5 Å². The van der Waals surface area contributed by atoms with Crippen LogP contribution in [0.25, 0.3) is 0 Å². The molecule has 1 amide bonds. The highest BCUT2D eigenvalue weighted by atomic mass is 19.1. The van der Waals surface area contributed by atoms with Gasteiger partial charge in [-0.25, -0.2) is 4.39 Å². The van der Waals surface area contributed by atoms with E-state index in [1.54, 1.807) is 12.1 Å². The van der Waals surface area contributed by atoms with Gasteiger partial charge in [-0.15, -0.1) is 0 Å². The van der Waals surface area contributed by atoms with Crippen LogP contribution in [0.2, 0.25) is 0 Å². The molecule has 0 bridgehead atoms. The summed E-state index contributed by atoms with van der Waals surface area (Å²) in [7, 11) is 0. The average Bonchev–Trinajstić information content (AvgIpc) is 3.23. The molecule has 0 aromatic heterocycles. The first-order chi connectivity index (χ1) is 11.7. The predicted octanol–water partition coefficient (Wildman–Crippen LogP) is 2.49. The van der Waals surface area contributed by atoms with Gasteiger partial charge in [-0.1, -0.05) is 25.0 Å². The van der Waals surface area contributed by atoms with E-state index in [0.29, 0.717) is 30.0 Å². The highest BCUT2D eigenvalue weighted by Crippen LogP contribution is 2.60. The molecule has 1 aromatic carbocycles. The Labute approximate surface area is 142 Å². The maximum atomic E-state index is 13.6. The van der Waals surface area contributed by atoms with Crippen molar-refractivity contribution >= 4 is 5.91 Å². The van der Waals surface area contributed by atoms with Crippen molar-refractivity contribution in [3.8, 4) is 0 Å². The van der Waals surface area contributed by atoms with Gasteiger partial charge in [-0.2, -0.15) is 0 Å². The molecule has 1 unspecified atom stereocenters. The van der Waals surface area contributed by atoms with E-state index >= 15 is 0 Å². The van der Waals surface area contributed by atoms with Gasteiger partial charge in [0, 0.05) is 37.1 Å². The number of rotatable bonds is 5. The lowest BCUT2D eigenvalue weighted by Gasteiger charge is -2.57. The van der Waals surface area contributed by atoms with Crippen molar-refractivity contribution in [1.82, 2.24) is 10.6 Å². The molecule has 1 aliphatic heterocycles. The van der Waals surface area contributed by atoms with Gasteiger partial charge in [-0.3, -0.25) is 4.79 Å². The summed E-state index contributed by atoms with van der Waals surface area (Å²) < 4.78 is 19.6. The van der Waals surface area contributed by atoms with Crippen molar-refractivity contribution in [2.24, 2.45) is 11.3 Å². The van der Waals surface area contributed by atoms with Crippen LogP contribution in [0.3, 0.4) is 0 Å². The minimum atomic E-state index is -0.474. The number of fused-ring (bicyclic) bond motifs is 2. The molecule has 3 aliphatic rings. The first kappa shape index (κ1) is 16.0. The summed E-state index contributed by atoms with van der Waals surface area (Å²) in [6.45, 7) is 2.12. The quantitative estimate of drug-likeness (QED) is 0.815. The van der Waals surface area contributed by atoms with Crippen LogP contribution in [0.15, 0.2) is 24.3 Å². The Balaban J connectivity index is 1.28. The Bertz CT molecular complexity index is 615. The highest BCUT2D eigenvalue weighted by Gasteiger charge is 2.64. The molecule has 1 saturated heterocycles. The van der Waals surface area contributed by atoms with Gasteiger partial charge in [0.1, 0.15) is 5.82 Å². The van der Waals surface area contributed by atoms with Crippen molar-refractivity contribution < 1.29 is 13.9 Å². The first-order valence-electron chi connectivity index (χ1n) is 9.10. The number of halogens is 1. The lowest BCUT2D eigenvalue weighted by Crippen LogP contribution is -2.67. The van der Waals surface area contributed by atoms with Gasteiger partial charge < -0.3 is 15.4 Å². The van der Waals surface area contributed by atoms with Crippen molar-refractivity contribution in [3.63, 3.8) is 0 Å². The first-order valence-corrected chi connectivity index (χ1v) is 9.10. The number of benzene rings is 1. The molecule has 3 atom stereocenters. The third-order valence-corrected chi connectivity index (χ3v) is 6.18. The number of carbonyl (C=O) groups excluding carboxylic acids is 1. The largest absolute Gasteiger partial charge is 0.377 e. The fourth-order valence-corrected chi connectivity index (χ4v) is 5.15. The van der Waals surface area contributed by atoms with Gasteiger partial charge in [-0.05, 0) is 31.4 Å². The van der Waals surface area contributed by atoms with Gasteiger partial charge in [0.25, 0.3) is 5.91 Å². The Morgan fingerprint density at radius 1 is 1.25 bits per heavy atom. The normalized spacial score (nSPS) is 30.1. The number of carbonyl (C=O) groups is 1. The SMILES string of the molecule is O=C(NCCNC1[C@@H]2CCO[C@@H]2C12CCCC2)c1ccccc1F. The number of hydrogen-bond acceptors (Lipinski definition) is 3.